The van der Waals surface area contributed by atoms with E-state index < -0.39 is 23.9 Å². The number of unbranched alkanes of at least 4 members (excludes halogenated alkanes) is 3. The van der Waals surface area contributed by atoms with Gasteiger partial charge in [-0.3, -0.25) is 4.79 Å². The van der Waals surface area contributed by atoms with Gasteiger partial charge in [-0.15, -0.1) is 0 Å². The average molecular weight is 617 g/mol. The van der Waals surface area contributed by atoms with E-state index in [0.29, 0.717) is 17.9 Å². The van der Waals surface area contributed by atoms with Crippen molar-refractivity contribution in [1.29, 1.82) is 0 Å². The number of carbonyl (C=O) groups is 3. The summed E-state index contributed by atoms with van der Waals surface area (Å²) in [6.07, 6.45) is 4.60. The van der Waals surface area contributed by atoms with E-state index in [-0.39, 0.29) is 27.6 Å². The molecule has 1 amide bonds. The molecule has 0 aromatic heterocycles. The van der Waals surface area contributed by atoms with Crippen LogP contribution in [0.3, 0.4) is 0 Å². The summed E-state index contributed by atoms with van der Waals surface area (Å²) in [5, 5.41) is 21.0. The molecule has 0 radical (unpaired) electrons. The number of carboxylic acids is 2. The van der Waals surface area contributed by atoms with Gasteiger partial charge in [-0.25, -0.2) is 9.59 Å². The first kappa shape index (κ1) is 32.9. The molecule has 0 aliphatic rings. The number of benzene rings is 3. The number of carboxylic acid groups (broad SMARTS) is 2. The number of aliphatic carboxylic acids is 1. The zero-order valence-electron chi connectivity index (χ0n) is 23.8. The van der Waals surface area contributed by atoms with Crippen molar-refractivity contribution in [2.75, 3.05) is 13.7 Å². The average Bonchev–Trinajstić information content (AvgIpc) is 2.94. The molecule has 0 unspecified atom stereocenters. The summed E-state index contributed by atoms with van der Waals surface area (Å²) in [6, 6.07) is 12.3. The molecule has 8 nitrogen and oxygen atoms in total. The molecule has 0 fully saturated rings. The highest BCUT2D eigenvalue weighted by Crippen LogP contribution is 2.35. The van der Waals surface area contributed by atoms with Gasteiger partial charge in [-0.1, -0.05) is 79.7 Å². The van der Waals surface area contributed by atoms with E-state index in [2.05, 4.69) is 18.3 Å². The third-order valence-electron chi connectivity index (χ3n) is 6.79. The predicted octanol–water partition coefficient (Wildman–Crippen LogP) is 7.20. The van der Waals surface area contributed by atoms with Crippen molar-refractivity contribution in [3.63, 3.8) is 0 Å². The van der Waals surface area contributed by atoms with Crippen molar-refractivity contribution < 1.29 is 34.1 Å². The summed E-state index contributed by atoms with van der Waals surface area (Å²) in [4.78, 5) is 36.1. The van der Waals surface area contributed by atoms with Gasteiger partial charge < -0.3 is 25.0 Å². The second kappa shape index (κ2) is 15.6. The lowest BCUT2D eigenvalue weighted by atomic mass is 9.95. The monoisotopic (exact) mass is 615 g/mol. The minimum absolute atomic E-state index is 0.00551. The van der Waals surface area contributed by atoms with Crippen molar-refractivity contribution in [3.8, 4) is 16.9 Å². The first-order valence-corrected chi connectivity index (χ1v) is 14.4. The van der Waals surface area contributed by atoms with E-state index >= 15 is 0 Å². The Hall–Kier alpha value is -3.59. The van der Waals surface area contributed by atoms with Crippen molar-refractivity contribution in [1.82, 2.24) is 5.32 Å². The second-order valence-corrected chi connectivity index (χ2v) is 10.8. The van der Waals surface area contributed by atoms with E-state index in [1.54, 1.807) is 19.2 Å². The molecule has 0 saturated carbocycles. The van der Waals surface area contributed by atoms with Crippen molar-refractivity contribution in [3.05, 3.63) is 86.4 Å². The van der Waals surface area contributed by atoms with Crippen LogP contribution in [0.25, 0.3) is 11.1 Å². The van der Waals surface area contributed by atoms with E-state index in [4.69, 9.17) is 37.8 Å². The van der Waals surface area contributed by atoms with Crippen LogP contribution in [0.15, 0.2) is 48.5 Å². The van der Waals surface area contributed by atoms with Gasteiger partial charge in [0, 0.05) is 18.6 Å². The molecule has 0 aliphatic carbocycles. The maximum absolute atomic E-state index is 12.9. The summed E-state index contributed by atoms with van der Waals surface area (Å²) >= 11 is 12.2. The number of amides is 1. The number of aromatic carboxylic acids is 1. The molecule has 224 valence electrons. The van der Waals surface area contributed by atoms with E-state index in [1.165, 1.54) is 19.3 Å². The topological polar surface area (TPSA) is 122 Å². The summed E-state index contributed by atoms with van der Waals surface area (Å²) in [6.45, 7) is 5.41. The third kappa shape index (κ3) is 8.71. The number of hydrogen-bond donors (Lipinski definition) is 3. The molecule has 3 aromatic carbocycles. The lowest BCUT2D eigenvalue weighted by Crippen LogP contribution is -2.42. The molecule has 0 saturated heterocycles. The Morgan fingerprint density at radius 1 is 0.929 bits per heavy atom. The molecular formula is C32H35Cl2NO7. The fourth-order valence-electron chi connectivity index (χ4n) is 4.65. The molecule has 0 heterocycles. The van der Waals surface area contributed by atoms with Gasteiger partial charge in [0.05, 0.1) is 34.9 Å². The Morgan fingerprint density at radius 3 is 2.17 bits per heavy atom. The number of hydrogen-bond acceptors (Lipinski definition) is 5. The molecule has 0 aliphatic heterocycles. The second-order valence-electron chi connectivity index (χ2n) is 9.99. The summed E-state index contributed by atoms with van der Waals surface area (Å²) in [7, 11) is 1.62. The van der Waals surface area contributed by atoms with Gasteiger partial charge in [0.15, 0.2) is 0 Å². The molecular weight excluding hydrogens is 581 g/mol. The molecule has 3 aromatic rings. The first-order valence-electron chi connectivity index (χ1n) is 13.7. The first-order chi connectivity index (χ1) is 20.0. The Balaban J connectivity index is 1.72. The Bertz CT molecular complexity index is 1400. The molecule has 10 heteroatoms. The van der Waals surface area contributed by atoms with Gasteiger partial charge in [-0.2, -0.15) is 0 Å². The number of aryl methyl sites for hydroxylation is 1. The van der Waals surface area contributed by atoms with Crippen molar-refractivity contribution in [2.45, 2.75) is 58.6 Å². The van der Waals surface area contributed by atoms with Crippen LogP contribution in [0.5, 0.6) is 5.75 Å². The fourth-order valence-corrected chi connectivity index (χ4v) is 5.31. The van der Waals surface area contributed by atoms with Crippen LogP contribution in [0.4, 0.5) is 0 Å². The largest absolute Gasteiger partial charge is 0.496 e. The minimum Gasteiger partial charge on any atom is -0.496 e. The normalized spacial score (nSPS) is 11.6. The van der Waals surface area contributed by atoms with Gasteiger partial charge in [0.2, 0.25) is 0 Å². The highest BCUT2D eigenvalue weighted by molar-refractivity contribution is 6.40. The van der Waals surface area contributed by atoms with E-state index in [0.717, 1.165) is 47.4 Å². The molecule has 3 rings (SSSR count). The number of carbonyl (C=O) groups excluding carboxylic acids is 1. The zero-order chi connectivity index (χ0) is 30.8. The summed E-state index contributed by atoms with van der Waals surface area (Å²) < 4.78 is 11.5. The van der Waals surface area contributed by atoms with Crippen LogP contribution in [0.2, 0.25) is 10.0 Å². The lowest BCUT2D eigenvalue weighted by molar-refractivity contribution is -0.139. The smallest absolute Gasteiger partial charge is 0.335 e. The standard InChI is InChI=1S/C32H35Cl2NO7/c1-4-5-6-7-12-42-18-21-13-19(2)28(27(15-21)41-3)22-10-8-20(9-11-22)14-26(32(39)40)35-30(36)29-24(33)16-23(31(37)38)17-25(29)34/h8-11,13,15-17,26H,4-7,12,14,18H2,1-3H3,(H,35,36)(H,37,38)(H,39,40)/t26-/m0/s1. The number of halogens is 2. The van der Waals surface area contributed by atoms with Crippen LogP contribution < -0.4 is 10.1 Å². The van der Waals surface area contributed by atoms with Crippen molar-refractivity contribution in [2.24, 2.45) is 0 Å². The van der Waals surface area contributed by atoms with Crippen molar-refractivity contribution >= 4 is 41.0 Å². The predicted molar refractivity (Wildman–Crippen MR) is 163 cm³/mol. The molecule has 42 heavy (non-hydrogen) atoms. The third-order valence-corrected chi connectivity index (χ3v) is 7.39. The highest BCUT2D eigenvalue weighted by atomic mass is 35.5. The Labute approximate surface area is 255 Å². The minimum atomic E-state index is -1.29. The highest BCUT2D eigenvalue weighted by Gasteiger charge is 2.25. The van der Waals surface area contributed by atoms with Crippen LogP contribution >= 0.6 is 23.2 Å². The summed E-state index contributed by atoms with van der Waals surface area (Å²) in [5.74, 6) is -2.62. The number of methoxy groups -OCH3 is 1. The quantitative estimate of drug-likeness (QED) is 0.154. The van der Waals surface area contributed by atoms with Crippen LogP contribution in [0.1, 0.15) is 70.0 Å². The Morgan fingerprint density at radius 2 is 1.60 bits per heavy atom. The summed E-state index contributed by atoms with van der Waals surface area (Å²) in [5.41, 5.74) is 4.15. The number of rotatable bonds is 15. The van der Waals surface area contributed by atoms with Gasteiger partial charge in [0.1, 0.15) is 11.8 Å². The maximum Gasteiger partial charge on any atom is 0.335 e. The lowest BCUT2D eigenvalue weighted by Gasteiger charge is -2.17. The fraction of sp³-hybridized carbons (Fsp3) is 0.344. The van der Waals surface area contributed by atoms with Gasteiger partial charge in [0.25, 0.3) is 5.91 Å². The van der Waals surface area contributed by atoms with Gasteiger partial charge >= 0.3 is 11.9 Å². The van der Waals surface area contributed by atoms with E-state index in [9.17, 15) is 19.5 Å². The molecule has 3 N–H and O–H groups in total. The van der Waals surface area contributed by atoms with Crippen LogP contribution in [-0.2, 0) is 22.6 Å². The van der Waals surface area contributed by atoms with Gasteiger partial charge in [-0.05, 0) is 53.8 Å². The molecule has 0 spiro atoms. The molecule has 0 bridgehead atoms. The van der Waals surface area contributed by atoms with E-state index in [1.807, 2.05) is 25.1 Å². The number of nitrogens with one attached hydrogen (secondary N) is 1. The zero-order valence-corrected chi connectivity index (χ0v) is 25.3. The number of ether oxygens (including phenoxy) is 2. The van der Waals surface area contributed by atoms with Crippen LogP contribution in [-0.4, -0.2) is 47.8 Å². The maximum atomic E-state index is 12.9. The molecule has 1 atom stereocenters. The SMILES string of the molecule is CCCCCCOCc1cc(C)c(-c2ccc(C[C@H](NC(=O)c3c(Cl)cc(C(=O)O)cc3Cl)C(=O)O)cc2)c(OC)c1. The van der Waals surface area contributed by atoms with Crippen LogP contribution in [0, 0.1) is 6.92 Å². The Kier molecular flexibility index (Phi) is 12.2.